The highest BCUT2D eigenvalue weighted by Gasteiger charge is 2.41. The Labute approximate surface area is 223 Å². The molecule has 0 aliphatic heterocycles. The van der Waals surface area contributed by atoms with Gasteiger partial charge in [0, 0.05) is 11.3 Å². The molecule has 0 heterocycles. The lowest BCUT2D eigenvalue weighted by molar-refractivity contribution is 0.190. The van der Waals surface area contributed by atoms with Crippen LogP contribution in [0.1, 0.15) is 134 Å². The Balaban J connectivity index is 1.41. The summed E-state index contributed by atoms with van der Waals surface area (Å²) in [5.41, 5.74) is 3.38. The Kier molecular flexibility index (Phi) is 11.0. The molecule has 0 nitrogen and oxygen atoms in total. The van der Waals surface area contributed by atoms with E-state index in [1.165, 1.54) is 115 Å². The number of allylic oxidation sites excluding steroid dienone is 6. The third-order valence-corrected chi connectivity index (χ3v) is 9.87. The SMILES string of the molecule is CCCCCCCCC1CC=C(C2([C@H]3CC[C@H](CCCC)CC3)C=CC(c3ccccc3)C=C2)CC1. The third-order valence-electron chi connectivity index (χ3n) is 9.87. The number of hydrogen-bond donors (Lipinski definition) is 0. The highest BCUT2D eigenvalue weighted by molar-refractivity contribution is 5.41. The van der Waals surface area contributed by atoms with E-state index in [1.54, 1.807) is 5.57 Å². The molecule has 0 radical (unpaired) electrons. The molecule has 1 aromatic rings. The smallest absolute Gasteiger partial charge is 0.0300 e. The molecule has 1 saturated carbocycles. The summed E-state index contributed by atoms with van der Waals surface area (Å²) in [4.78, 5) is 0. The molecule has 3 aliphatic rings. The second-order valence-corrected chi connectivity index (χ2v) is 12.4. The zero-order valence-corrected chi connectivity index (χ0v) is 23.6. The lowest BCUT2D eigenvalue weighted by Crippen LogP contribution is -2.34. The Morgan fingerprint density at radius 1 is 0.694 bits per heavy atom. The van der Waals surface area contributed by atoms with Crippen LogP contribution in [0.3, 0.4) is 0 Å². The minimum Gasteiger partial charge on any atom is -0.0839 e. The Bertz CT molecular complexity index is 818. The summed E-state index contributed by atoms with van der Waals surface area (Å²) < 4.78 is 0. The summed E-state index contributed by atoms with van der Waals surface area (Å²) in [5, 5.41) is 0. The topological polar surface area (TPSA) is 0 Å². The molecule has 0 amide bonds. The lowest BCUT2D eigenvalue weighted by atomic mass is 9.59. The number of benzene rings is 1. The second-order valence-electron chi connectivity index (χ2n) is 12.4. The molecule has 1 fully saturated rings. The molecule has 1 atom stereocenters. The first kappa shape index (κ1) is 27.5. The van der Waals surface area contributed by atoms with Crippen molar-refractivity contribution < 1.29 is 0 Å². The van der Waals surface area contributed by atoms with Crippen LogP contribution in [0.4, 0.5) is 0 Å². The average Bonchev–Trinajstić information content (AvgIpc) is 2.95. The Morgan fingerprint density at radius 2 is 1.36 bits per heavy atom. The van der Waals surface area contributed by atoms with Gasteiger partial charge in [-0.15, -0.1) is 0 Å². The fraction of sp³-hybridized carbons (Fsp3) is 0.667. The van der Waals surface area contributed by atoms with Crippen molar-refractivity contribution in [2.45, 2.75) is 129 Å². The number of unbranched alkanes of at least 4 members (excludes halogenated alkanes) is 6. The maximum Gasteiger partial charge on any atom is 0.0300 e. The summed E-state index contributed by atoms with van der Waals surface area (Å²) in [6, 6.07) is 11.1. The predicted molar refractivity (Wildman–Crippen MR) is 158 cm³/mol. The first-order chi connectivity index (χ1) is 17.7. The van der Waals surface area contributed by atoms with Gasteiger partial charge in [-0.05, 0) is 55.4 Å². The summed E-state index contributed by atoms with van der Waals surface area (Å²) >= 11 is 0. The van der Waals surface area contributed by atoms with Crippen LogP contribution < -0.4 is 0 Å². The first-order valence-electron chi connectivity index (χ1n) is 15.9. The van der Waals surface area contributed by atoms with E-state index in [0.29, 0.717) is 5.92 Å². The van der Waals surface area contributed by atoms with Gasteiger partial charge in [0.15, 0.2) is 0 Å². The minimum absolute atomic E-state index is 0.187. The highest BCUT2D eigenvalue weighted by Crippen LogP contribution is 2.53. The molecule has 3 aliphatic carbocycles. The average molecular weight is 487 g/mol. The molecule has 1 unspecified atom stereocenters. The molecular weight excluding hydrogens is 432 g/mol. The van der Waals surface area contributed by atoms with Crippen molar-refractivity contribution in [3.8, 4) is 0 Å². The number of rotatable bonds is 13. The van der Waals surface area contributed by atoms with Crippen molar-refractivity contribution in [2.75, 3.05) is 0 Å². The zero-order valence-electron chi connectivity index (χ0n) is 23.6. The summed E-state index contributed by atoms with van der Waals surface area (Å²) in [7, 11) is 0. The number of hydrogen-bond acceptors (Lipinski definition) is 0. The fourth-order valence-electron chi connectivity index (χ4n) is 7.47. The van der Waals surface area contributed by atoms with E-state index < -0.39 is 0 Å². The van der Waals surface area contributed by atoms with Gasteiger partial charge in [0.05, 0.1) is 0 Å². The van der Waals surface area contributed by atoms with Crippen LogP contribution >= 0.6 is 0 Å². The maximum atomic E-state index is 2.71. The van der Waals surface area contributed by atoms with Crippen molar-refractivity contribution in [1.29, 1.82) is 0 Å². The molecular formula is C36H54. The summed E-state index contributed by atoms with van der Waals surface area (Å²) in [6.07, 6.45) is 37.2. The lowest BCUT2D eigenvalue weighted by Gasteiger charge is -2.45. The van der Waals surface area contributed by atoms with Gasteiger partial charge >= 0.3 is 0 Å². The second kappa shape index (κ2) is 14.4. The molecule has 0 spiro atoms. The Morgan fingerprint density at radius 3 is 2.03 bits per heavy atom. The van der Waals surface area contributed by atoms with Crippen molar-refractivity contribution in [3.63, 3.8) is 0 Å². The van der Waals surface area contributed by atoms with Crippen LogP contribution in [-0.4, -0.2) is 0 Å². The largest absolute Gasteiger partial charge is 0.0839 e. The monoisotopic (exact) mass is 486 g/mol. The van der Waals surface area contributed by atoms with Gasteiger partial charge in [-0.3, -0.25) is 0 Å². The molecule has 4 rings (SSSR count). The van der Waals surface area contributed by atoms with Crippen LogP contribution in [0.25, 0.3) is 0 Å². The van der Waals surface area contributed by atoms with E-state index in [0.717, 1.165) is 17.8 Å². The molecule has 0 aromatic heterocycles. The van der Waals surface area contributed by atoms with Crippen LogP contribution in [0.15, 0.2) is 66.3 Å². The molecule has 1 aromatic carbocycles. The van der Waals surface area contributed by atoms with Gasteiger partial charge in [-0.2, -0.15) is 0 Å². The van der Waals surface area contributed by atoms with Gasteiger partial charge in [-0.1, -0.05) is 157 Å². The van der Waals surface area contributed by atoms with Crippen LogP contribution in [0, 0.1) is 23.2 Å². The molecule has 198 valence electrons. The third kappa shape index (κ3) is 7.26. The Hall–Kier alpha value is -1.56. The van der Waals surface area contributed by atoms with Gasteiger partial charge < -0.3 is 0 Å². The highest BCUT2D eigenvalue weighted by atomic mass is 14.5. The molecule has 0 bridgehead atoms. The van der Waals surface area contributed by atoms with Crippen LogP contribution in [0.2, 0.25) is 0 Å². The van der Waals surface area contributed by atoms with Crippen molar-refractivity contribution >= 4 is 0 Å². The van der Waals surface area contributed by atoms with Gasteiger partial charge in [0.25, 0.3) is 0 Å². The fourth-order valence-corrected chi connectivity index (χ4v) is 7.47. The minimum atomic E-state index is 0.187. The van der Waals surface area contributed by atoms with Gasteiger partial charge in [0.2, 0.25) is 0 Å². The van der Waals surface area contributed by atoms with E-state index in [-0.39, 0.29) is 5.41 Å². The van der Waals surface area contributed by atoms with E-state index in [1.807, 2.05) is 0 Å². The van der Waals surface area contributed by atoms with E-state index in [2.05, 4.69) is 74.6 Å². The van der Waals surface area contributed by atoms with E-state index in [9.17, 15) is 0 Å². The molecule has 0 N–H and O–H groups in total. The standard InChI is InChI=1S/C36H54/c1-3-5-7-8-9-11-15-31-20-24-35(25-21-31)36(34-22-18-30(19-23-34)14-6-4-2)28-26-33(27-29-36)32-16-12-10-13-17-32/h10,12-13,16-17,24,26-31,33-34H,3-9,11,14-15,18-23,25H2,1-2H3/t30-,31?,33?,34-,36?. The molecule has 0 heteroatoms. The van der Waals surface area contributed by atoms with Crippen molar-refractivity contribution in [2.24, 2.45) is 23.2 Å². The van der Waals surface area contributed by atoms with Crippen molar-refractivity contribution in [1.82, 2.24) is 0 Å². The van der Waals surface area contributed by atoms with Crippen LogP contribution in [-0.2, 0) is 0 Å². The van der Waals surface area contributed by atoms with E-state index >= 15 is 0 Å². The zero-order chi connectivity index (χ0) is 25.1. The maximum absolute atomic E-state index is 2.71. The first-order valence-corrected chi connectivity index (χ1v) is 15.9. The van der Waals surface area contributed by atoms with E-state index in [4.69, 9.17) is 0 Å². The quantitative estimate of drug-likeness (QED) is 0.192. The normalized spacial score (nSPS) is 30.3. The predicted octanol–water partition coefficient (Wildman–Crippen LogP) is 11.4. The van der Waals surface area contributed by atoms with Crippen molar-refractivity contribution in [3.05, 3.63) is 71.8 Å². The van der Waals surface area contributed by atoms with Gasteiger partial charge in [0.1, 0.15) is 0 Å². The summed E-state index contributed by atoms with van der Waals surface area (Å²) in [5.74, 6) is 3.13. The van der Waals surface area contributed by atoms with Crippen LogP contribution in [0.5, 0.6) is 0 Å². The molecule has 36 heavy (non-hydrogen) atoms. The summed E-state index contributed by atoms with van der Waals surface area (Å²) in [6.45, 7) is 4.66. The molecule has 0 saturated heterocycles. The van der Waals surface area contributed by atoms with Gasteiger partial charge in [-0.25, -0.2) is 0 Å².